The molecule has 1 unspecified atom stereocenters. The number of carboxylic acid groups (broad SMARTS) is 1. The minimum absolute atomic E-state index is 0.127. The molecule has 1 fully saturated rings. The molecule has 1 aliphatic rings. The molecule has 3 N–H and O–H groups in total. The molecule has 1 atom stereocenters. The van der Waals surface area contributed by atoms with Gasteiger partial charge in [0.25, 0.3) is 0 Å². The number of nitrogens with one attached hydrogen (secondary N) is 2. The molecular weight excluding hydrogens is 232 g/mol. The highest BCUT2D eigenvalue weighted by Gasteiger charge is 2.24. The Hall–Kier alpha value is -1.10. The number of carbonyl (C=O) groups is 2. The summed E-state index contributed by atoms with van der Waals surface area (Å²) < 4.78 is 0. The van der Waals surface area contributed by atoms with Gasteiger partial charge in [-0.2, -0.15) is 0 Å². The summed E-state index contributed by atoms with van der Waals surface area (Å²) in [7, 11) is 0. The molecule has 0 spiro atoms. The summed E-state index contributed by atoms with van der Waals surface area (Å²) in [5.74, 6) is -0.0672. The first kappa shape index (κ1) is 15.0. The zero-order valence-corrected chi connectivity index (χ0v) is 11.1. The minimum atomic E-state index is -0.735. The number of hydrogen-bond acceptors (Lipinski definition) is 3. The Morgan fingerprint density at radius 1 is 1.33 bits per heavy atom. The quantitative estimate of drug-likeness (QED) is 0.575. The van der Waals surface area contributed by atoms with Gasteiger partial charge in [-0.1, -0.05) is 19.8 Å². The number of hydrogen-bond donors (Lipinski definition) is 3. The molecule has 1 amide bonds. The van der Waals surface area contributed by atoms with Gasteiger partial charge in [0.05, 0.1) is 5.92 Å². The first-order chi connectivity index (χ1) is 8.63. The fraction of sp³-hybridized carbons (Fsp3) is 0.846. The van der Waals surface area contributed by atoms with Gasteiger partial charge in [0.15, 0.2) is 0 Å². The van der Waals surface area contributed by atoms with E-state index < -0.39 is 5.97 Å². The van der Waals surface area contributed by atoms with Crippen molar-refractivity contribution in [3.8, 4) is 0 Å². The van der Waals surface area contributed by atoms with E-state index in [1.165, 1.54) is 0 Å². The molecule has 1 rings (SSSR count). The summed E-state index contributed by atoms with van der Waals surface area (Å²) in [5, 5.41) is 14.7. The van der Waals surface area contributed by atoms with E-state index >= 15 is 0 Å². The predicted octanol–water partition coefficient (Wildman–Crippen LogP) is 0.993. The molecule has 5 nitrogen and oxygen atoms in total. The summed E-state index contributed by atoms with van der Waals surface area (Å²) in [6.45, 7) is 4.33. The van der Waals surface area contributed by atoms with Crippen molar-refractivity contribution in [1.82, 2.24) is 10.6 Å². The average Bonchev–Trinajstić information content (AvgIpc) is 2.23. The van der Waals surface area contributed by atoms with E-state index in [2.05, 4.69) is 17.6 Å². The van der Waals surface area contributed by atoms with E-state index in [0.717, 1.165) is 32.4 Å². The molecule has 18 heavy (non-hydrogen) atoms. The number of carbonyl (C=O) groups excluding carboxylic acids is 1. The Labute approximate surface area is 108 Å². The van der Waals surface area contributed by atoms with Gasteiger partial charge < -0.3 is 15.7 Å². The van der Waals surface area contributed by atoms with E-state index in [-0.39, 0.29) is 18.2 Å². The van der Waals surface area contributed by atoms with E-state index in [1.807, 2.05) is 0 Å². The van der Waals surface area contributed by atoms with E-state index in [9.17, 15) is 9.59 Å². The molecule has 104 valence electrons. The van der Waals surface area contributed by atoms with Gasteiger partial charge in [-0.15, -0.1) is 0 Å². The van der Waals surface area contributed by atoms with Crippen molar-refractivity contribution >= 4 is 11.9 Å². The Bertz CT molecular complexity index is 277. The highest BCUT2D eigenvalue weighted by atomic mass is 16.4. The molecule has 1 heterocycles. The topological polar surface area (TPSA) is 78.4 Å². The molecule has 0 saturated carbocycles. The fourth-order valence-corrected chi connectivity index (χ4v) is 2.19. The third kappa shape index (κ3) is 5.49. The van der Waals surface area contributed by atoms with Crippen LogP contribution in [0, 0.1) is 11.8 Å². The molecule has 0 aromatic carbocycles. The van der Waals surface area contributed by atoms with Crippen LogP contribution in [-0.2, 0) is 9.59 Å². The first-order valence-electron chi connectivity index (χ1n) is 6.83. The van der Waals surface area contributed by atoms with Crippen LogP contribution in [-0.4, -0.2) is 36.6 Å². The second-order valence-corrected chi connectivity index (χ2v) is 5.02. The Morgan fingerprint density at radius 2 is 2.06 bits per heavy atom. The zero-order chi connectivity index (χ0) is 13.4. The lowest BCUT2D eigenvalue weighted by Gasteiger charge is -2.26. The predicted molar refractivity (Wildman–Crippen MR) is 69.3 cm³/mol. The van der Waals surface area contributed by atoms with Crippen molar-refractivity contribution in [1.29, 1.82) is 0 Å². The van der Waals surface area contributed by atoms with Gasteiger partial charge in [-0.05, 0) is 18.8 Å². The lowest BCUT2D eigenvalue weighted by Crippen LogP contribution is -2.51. The van der Waals surface area contributed by atoms with Crippen LogP contribution in [0.25, 0.3) is 0 Å². The van der Waals surface area contributed by atoms with Gasteiger partial charge in [0.2, 0.25) is 5.91 Å². The van der Waals surface area contributed by atoms with Gasteiger partial charge in [0, 0.05) is 26.1 Å². The van der Waals surface area contributed by atoms with Crippen LogP contribution < -0.4 is 10.6 Å². The van der Waals surface area contributed by atoms with Gasteiger partial charge in [-0.3, -0.25) is 9.59 Å². The Balaban J connectivity index is 2.15. The van der Waals surface area contributed by atoms with Crippen LogP contribution in [0.3, 0.4) is 0 Å². The van der Waals surface area contributed by atoms with Crippen molar-refractivity contribution in [2.75, 3.05) is 19.6 Å². The Kier molecular flexibility index (Phi) is 6.72. The molecule has 5 heteroatoms. The average molecular weight is 256 g/mol. The number of aliphatic carboxylic acids is 1. The molecule has 1 saturated heterocycles. The molecular formula is C13H24N2O3. The molecule has 0 aromatic heterocycles. The largest absolute Gasteiger partial charge is 0.481 e. The van der Waals surface area contributed by atoms with E-state index in [0.29, 0.717) is 18.9 Å². The van der Waals surface area contributed by atoms with Crippen molar-refractivity contribution in [3.63, 3.8) is 0 Å². The smallest absolute Gasteiger partial charge is 0.303 e. The maximum atomic E-state index is 11.6. The van der Waals surface area contributed by atoms with Crippen molar-refractivity contribution < 1.29 is 14.7 Å². The molecule has 0 bridgehead atoms. The SMILES string of the molecule is CCCC(CCNC(=O)C1CNC1)CCC(=O)O. The van der Waals surface area contributed by atoms with Crippen LogP contribution >= 0.6 is 0 Å². The van der Waals surface area contributed by atoms with E-state index in [4.69, 9.17) is 5.11 Å². The maximum Gasteiger partial charge on any atom is 0.303 e. The number of rotatable bonds is 9. The lowest BCUT2D eigenvalue weighted by atomic mass is 9.94. The second-order valence-electron chi connectivity index (χ2n) is 5.02. The third-order valence-electron chi connectivity index (χ3n) is 3.47. The highest BCUT2D eigenvalue weighted by Crippen LogP contribution is 2.17. The van der Waals surface area contributed by atoms with Crippen LogP contribution in [0.1, 0.15) is 39.0 Å². The van der Waals surface area contributed by atoms with Crippen LogP contribution in [0.4, 0.5) is 0 Å². The van der Waals surface area contributed by atoms with Gasteiger partial charge in [-0.25, -0.2) is 0 Å². The molecule has 0 aliphatic carbocycles. The van der Waals surface area contributed by atoms with Crippen LogP contribution in [0.5, 0.6) is 0 Å². The normalized spacial score (nSPS) is 16.9. The summed E-state index contributed by atoms with van der Waals surface area (Å²) in [4.78, 5) is 22.1. The third-order valence-corrected chi connectivity index (χ3v) is 3.47. The van der Waals surface area contributed by atoms with E-state index in [1.54, 1.807) is 0 Å². The highest BCUT2D eigenvalue weighted by molar-refractivity contribution is 5.79. The standard InChI is InChI=1S/C13H24N2O3/c1-2-3-10(4-5-12(16)17)6-7-15-13(18)11-8-14-9-11/h10-11,14H,2-9H2,1H3,(H,15,18)(H,16,17). The monoisotopic (exact) mass is 256 g/mol. The minimum Gasteiger partial charge on any atom is -0.481 e. The number of carboxylic acids is 1. The second kappa shape index (κ2) is 8.08. The molecule has 1 aliphatic heterocycles. The molecule has 0 radical (unpaired) electrons. The summed E-state index contributed by atoms with van der Waals surface area (Å²) in [5.41, 5.74) is 0. The van der Waals surface area contributed by atoms with Crippen LogP contribution in [0.15, 0.2) is 0 Å². The maximum absolute atomic E-state index is 11.6. The summed E-state index contributed by atoms with van der Waals surface area (Å²) >= 11 is 0. The molecule has 0 aromatic rings. The number of amides is 1. The first-order valence-corrected chi connectivity index (χ1v) is 6.83. The Morgan fingerprint density at radius 3 is 2.56 bits per heavy atom. The van der Waals surface area contributed by atoms with Crippen LogP contribution in [0.2, 0.25) is 0 Å². The van der Waals surface area contributed by atoms with Crippen molar-refractivity contribution in [2.24, 2.45) is 11.8 Å². The van der Waals surface area contributed by atoms with Gasteiger partial charge >= 0.3 is 5.97 Å². The van der Waals surface area contributed by atoms with Gasteiger partial charge in [0.1, 0.15) is 0 Å². The fourth-order valence-electron chi connectivity index (χ4n) is 2.19. The van der Waals surface area contributed by atoms with Crippen molar-refractivity contribution in [2.45, 2.75) is 39.0 Å². The zero-order valence-electron chi connectivity index (χ0n) is 11.1. The summed E-state index contributed by atoms with van der Waals surface area (Å²) in [6.07, 6.45) is 3.92. The lowest BCUT2D eigenvalue weighted by molar-refractivity contribution is -0.137. The van der Waals surface area contributed by atoms with Crippen molar-refractivity contribution in [3.05, 3.63) is 0 Å². The summed E-state index contributed by atoms with van der Waals surface area (Å²) in [6, 6.07) is 0.